The number of hydrogen-bond donors (Lipinski definition) is 1. The number of halogens is 8. The largest absolute Gasteiger partial charge is 0.461 e. The summed E-state index contributed by atoms with van der Waals surface area (Å²) < 4.78 is 92.9. The number of ether oxygens (including phenoxy) is 1. The van der Waals surface area contributed by atoms with Gasteiger partial charge in [-0.1, -0.05) is 65.0 Å². The molecule has 0 bridgehead atoms. The van der Waals surface area contributed by atoms with Crippen molar-refractivity contribution in [3.05, 3.63) is 83.4 Å². The number of benzene rings is 1. The number of aromatic nitrogens is 1. The third-order valence-electron chi connectivity index (χ3n) is 5.41. The van der Waals surface area contributed by atoms with Crippen LogP contribution in [0.1, 0.15) is 85.9 Å². The van der Waals surface area contributed by atoms with Crippen LogP contribution < -0.4 is 10.5 Å². The summed E-state index contributed by atoms with van der Waals surface area (Å²) in [7, 11) is 0. The Hall–Kier alpha value is -3.08. The molecule has 1 heterocycles. The van der Waals surface area contributed by atoms with E-state index in [2.05, 4.69) is 41.1 Å². The molecule has 252 valence electrons. The zero-order valence-electron chi connectivity index (χ0n) is 25.5. The predicted molar refractivity (Wildman–Crippen MR) is 165 cm³/mol. The number of primary amides is 1. The quantitative estimate of drug-likeness (QED) is 0.204. The molecule has 44 heavy (non-hydrogen) atoms. The van der Waals surface area contributed by atoms with Crippen LogP contribution in [-0.4, -0.2) is 29.3 Å². The molecule has 0 radical (unpaired) electrons. The van der Waals surface area contributed by atoms with E-state index in [9.17, 15) is 35.5 Å². The van der Waals surface area contributed by atoms with E-state index in [1.54, 1.807) is 18.2 Å². The molecule has 0 aliphatic heterocycles. The number of carbonyl (C=O) groups is 1. The molecule has 12 heteroatoms. The van der Waals surface area contributed by atoms with Gasteiger partial charge in [0, 0.05) is 36.7 Å². The lowest BCUT2D eigenvalue weighted by Crippen LogP contribution is -2.33. The molecule has 4 nitrogen and oxygen atoms in total. The van der Waals surface area contributed by atoms with E-state index in [0.717, 1.165) is 25.5 Å². The van der Waals surface area contributed by atoms with Crippen LogP contribution in [0.15, 0.2) is 61.3 Å². The van der Waals surface area contributed by atoms with Crippen molar-refractivity contribution in [3.8, 4) is 5.75 Å². The molecule has 2 N–H and O–H groups in total. The summed E-state index contributed by atoms with van der Waals surface area (Å²) in [6, 6.07) is 6.09. The van der Waals surface area contributed by atoms with E-state index in [-0.39, 0.29) is 24.8 Å². The fourth-order valence-electron chi connectivity index (χ4n) is 2.77. The van der Waals surface area contributed by atoms with E-state index in [1.165, 1.54) is 27.0 Å². The van der Waals surface area contributed by atoms with Gasteiger partial charge in [-0.25, -0.2) is 13.2 Å². The Kier molecular flexibility index (Phi) is 23.1. The molecule has 0 aliphatic rings. The van der Waals surface area contributed by atoms with Crippen molar-refractivity contribution in [3.63, 3.8) is 0 Å². The lowest BCUT2D eigenvalue weighted by molar-refractivity contribution is -0.253. The van der Waals surface area contributed by atoms with Crippen molar-refractivity contribution >= 4 is 17.5 Å². The summed E-state index contributed by atoms with van der Waals surface area (Å²) in [4.78, 5) is 13.4. The van der Waals surface area contributed by atoms with Crippen LogP contribution in [0.3, 0.4) is 0 Å². The fraction of sp³-hybridized carbons (Fsp3) is 0.500. The molecule has 2 atom stereocenters. The van der Waals surface area contributed by atoms with Gasteiger partial charge in [-0.2, -0.15) is 17.6 Å². The number of rotatable bonds is 10. The van der Waals surface area contributed by atoms with Crippen LogP contribution >= 0.6 is 11.6 Å². The number of nitrogens with two attached hydrogens (primary N) is 1. The topological polar surface area (TPSA) is 65.2 Å². The number of alkyl halides is 6. The van der Waals surface area contributed by atoms with Crippen LogP contribution in [0.5, 0.6) is 5.75 Å². The minimum atomic E-state index is -4.73. The average Bonchev–Trinajstić information content (AvgIpc) is 2.87. The SMILES string of the molecule is C.C/C=C\CC.C=CC(C)C[C@H](c1cc(F)cc(OC(F)(F)C(F)F)c1)c1ccc(Cl)cn1.CC(C)C(C)(F)F.CC(N)=O. The molecule has 1 aromatic carbocycles. The summed E-state index contributed by atoms with van der Waals surface area (Å²) in [5.74, 6) is -5.47. The smallest absolute Gasteiger partial charge is 0.428 e. The van der Waals surface area contributed by atoms with Crippen molar-refractivity contribution < 1.29 is 40.3 Å². The molecule has 0 fully saturated rings. The maximum atomic E-state index is 14.0. The van der Waals surface area contributed by atoms with Crippen molar-refractivity contribution in [2.24, 2.45) is 17.6 Å². The highest BCUT2D eigenvalue weighted by Gasteiger charge is 2.44. The minimum Gasteiger partial charge on any atom is -0.428 e. The highest BCUT2D eigenvalue weighted by molar-refractivity contribution is 6.30. The van der Waals surface area contributed by atoms with Gasteiger partial charge in [0.15, 0.2) is 0 Å². The molecular formula is C32H46ClF7N2O2. The van der Waals surface area contributed by atoms with Crippen molar-refractivity contribution in [2.75, 3.05) is 0 Å². The molecule has 0 aliphatic carbocycles. The second kappa shape index (κ2) is 22.4. The Morgan fingerprint density at radius 1 is 1.14 bits per heavy atom. The standard InChI is InChI=1S/C19H17ClF5NO.C5H10F2.C5H10.C2H5NO.CH4/c1-3-11(2)6-16(17-5-4-13(20)10-26-17)12-7-14(21)9-15(8-12)27-19(24,25)18(22)23;1-4(2)5(3,6)7;1-3-5-4-2;1-2(3)4;/h3-5,7-11,16,18H,1,6H2,2H3;4H,1-3H3;3,5H,4H2,1-2H3;1H3,(H2,3,4);1H4/b;;5-3-;;/t11?,16-;;;;/m1..../s1. The average molecular weight is 659 g/mol. The second-order valence-electron chi connectivity index (χ2n) is 9.79. The molecule has 0 saturated heterocycles. The normalized spacial score (nSPS) is 12.4. The molecular weight excluding hydrogens is 613 g/mol. The summed E-state index contributed by atoms with van der Waals surface area (Å²) in [5, 5.41) is 0.397. The van der Waals surface area contributed by atoms with Gasteiger partial charge in [0.1, 0.15) is 11.6 Å². The lowest BCUT2D eigenvalue weighted by Gasteiger charge is -2.22. The van der Waals surface area contributed by atoms with Gasteiger partial charge in [-0.3, -0.25) is 9.78 Å². The summed E-state index contributed by atoms with van der Waals surface area (Å²) in [6.45, 7) is 15.0. The van der Waals surface area contributed by atoms with Gasteiger partial charge < -0.3 is 10.5 Å². The van der Waals surface area contributed by atoms with Crippen LogP contribution in [-0.2, 0) is 4.79 Å². The number of pyridine rings is 1. The number of nitrogens with zero attached hydrogens (tertiary/aromatic N) is 1. The number of allylic oxidation sites excluding steroid dienone is 3. The summed E-state index contributed by atoms with van der Waals surface area (Å²) in [6.07, 6.45) is 0.101. The minimum absolute atomic E-state index is 0. The van der Waals surface area contributed by atoms with Crippen LogP contribution in [0.4, 0.5) is 30.7 Å². The van der Waals surface area contributed by atoms with Crippen molar-refractivity contribution in [1.29, 1.82) is 0 Å². The number of amides is 1. The molecule has 1 amide bonds. The maximum absolute atomic E-state index is 14.0. The Labute approximate surface area is 262 Å². The van der Waals surface area contributed by atoms with E-state index in [4.69, 9.17) is 11.6 Å². The summed E-state index contributed by atoms with van der Waals surface area (Å²) in [5.41, 5.74) is 5.25. The van der Waals surface area contributed by atoms with Gasteiger partial charge in [0.25, 0.3) is 0 Å². The fourth-order valence-corrected chi connectivity index (χ4v) is 2.88. The first-order valence-electron chi connectivity index (χ1n) is 13.4. The maximum Gasteiger partial charge on any atom is 0.461 e. The Bertz CT molecular complexity index is 1100. The predicted octanol–water partition coefficient (Wildman–Crippen LogP) is 10.9. The van der Waals surface area contributed by atoms with Gasteiger partial charge in [-0.05, 0) is 62.4 Å². The third kappa shape index (κ3) is 20.8. The molecule has 1 unspecified atom stereocenters. The highest BCUT2D eigenvalue weighted by Crippen LogP contribution is 2.35. The number of carbonyl (C=O) groups excluding carboxylic acids is 1. The van der Waals surface area contributed by atoms with Gasteiger partial charge in [0.2, 0.25) is 11.8 Å². The van der Waals surface area contributed by atoms with Gasteiger partial charge in [0.05, 0.1) is 5.02 Å². The molecule has 0 saturated carbocycles. The van der Waals surface area contributed by atoms with Gasteiger partial charge in [-0.15, -0.1) is 6.58 Å². The van der Waals surface area contributed by atoms with E-state index < -0.39 is 41.9 Å². The molecule has 2 aromatic rings. The lowest BCUT2D eigenvalue weighted by atomic mass is 9.86. The first-order valence-corrected chi connectivity index (χ1v) is 13.7. The zero-order chi connectivity index (χ0) is 34.0. The van der Waals surface area contributed by atoms with Crippen LogP contribution in [0.25, 0.3) is 0 Å². The van der Waals surface area contributed by atoms with E-state index >= 15 is 0 Å². The summed E-state index contributed by atoms with van der Waals surface area (Å²) >= 11 is 5.84. The third-order valence-corrected chi connectivity index (χ3v) is 5.63. The first-order chi connectivity index (χ1) is 19.7. The van der Waals surface area contributed by atoms with Gasteiger partial charge >= 0.3 is 12.5 Å². The zero-order valence-corrected chi connectivity index (χ0v) is 26.2. The Balaban J connectivity index is -0.000000815. The molecule has 1 aromatic heterocycles. The van der Waals surface area contributed by atoms with Crippen molar-refractivity contribution in [2.45, 2.75) is 93.1 Å². The Morgan fingerprint density at radius 3 is 2.00 bits per heavy atom. The highest BCUT2D eigenvalue weighted by atomic mass is 35.5. The monoisotopic (exact) mass is 658 g/mol. The van der Waals surface area contributed by atoms with Crippen molar-refractivity contribution in [1.82, 2.24) is 4.98 Å². The second-order valence-corrected chi connectivity index (χ2v) is 10.2. The number of hydrogen-bond acceptors (Lipinski definition) is 3. The Morgan fingerprint density at radius 2 is 1.66 bits per heavy atom. The van der Waals surface area contributed by atoms with E-state index in [0.29, 0.717) is 23.2 Å². The van der Waals surface area contributed by atoms with E-state index in [1.807, 2.05) is 13.8 Å². The first kappa shape index (κ1) is 45.4. The van der Waals surface area contributed by atoms with Crippen LogP contribution in [0, 0.1) is 17.7 Å². The molecule has 2 rings (SSSR count). The van der Waals surface area contributed by atoms with Crippen LogP contribution in [0.2, 0.25) is 5.02 Å². The molecule has 0 spiro atoms.